The molecule has 0 radical (unpaired) electrons. The Balaban J connectivity index is 1.95. The third-order valence-electron chi connectivity index (χ3n) is 4.16. The molecule has 0 heterocycles. The highest BCUT2D eigenvalue weighted by molar-refractivity contribution is 5.97. The van der Waals surface area contributed by atoms with E-state index in [9.17, 15) is 19.7 Å². The van der Waals surface area contributed by atoms with Gasteiger partial charge in [0.1, 0.15) is 0 Å². The van der Waals surface area contributed by atoms with Gasteiger partial charge in [0, 0.05) is 17.7 Å². The van der Waals surface area contributed by atoms with Crippen LogP contribution in [0.5, 0.6) is 11.5 Å². The molecule has 30 heavy (non-hydrogen) atoms. The zero-order valence-corrected chi connectivity index (χ0v) is 17.3. The van der Waals surface area contributed by atoms with Crippen LogP contribution in [0.25, 0.3) is 0 Å². The summed E-state index contributed by atoms with van der Waals surface area (Å²) < 4.78 is 11.0. The third kappa shape index (κ3) is 6.20. The molecule has 0 aliphatic carbocycles. The topological polar surface area (TPSA) is 120 Å². The van der Waals surface area contributed by atoms with Crippen molar-refractivity contribution in [2.75, 3.05) is 13.7 Å². The molecular weight excluding hydrogens is 390 g/mol. The summed E-state index contributed by atoms with van der Waals surface area (Å²) >= 11 is 0. The van der Waals surface area contributed by atoms with Crippen molar-refractivity contribution in [3.63, 3.8) is 0 Å². The van der Waals surface area contributed by atoms with Gasteiger partial charge in [-0.2, -0.15) is 0 Å². The maximum Gasteiger partial charge on any atom is 0.270 e. The molecule has 0 saturated carbocycles. The average Bonchev–Trinajstić information content (AvgIpc) is 2.71. The molecule has 0 fully saturated rings. The molecule has 0 aliphatic rings. The minimum Gasteiger partial charge on any atom is -0.493 e. The number of nitro groups is 1. The average molecular weight is 415 g/mol. The molecule has 1 atom stereocenters. The highest BCUT2D eigenvalue weighted by atomic mass is 16.6. The van der Waals surface area contributed by atoms with E-state index >= 15 is 0 Å². The van der Waals surface area contributed by atoms with Crippen LogP contribution in [0.2, 0.25) is 0 Å². The lowest BCUT2D eigenvalue weighted by Crippen LogP contribution is -2.38. The van der Waals surface area contributed by atoms with E-state index < -0.39 is 16.7 Å². The highest BCUT2D eigenvalue weighted by Crippen LogP contribution is 2.31. The summed E-state index contributed by atoms with van der Waals surface area (Å²) in [5.74, 6) is 0.196. The van der Waals surface area contributed by atoms with Gasteiger partial charge < -0.3 is 20.1 Å². The Morgan fingerprint density at radius 2 is 1.83 bits per heavy atom. The number of carbonyl (C=O) groups is 2. The van der Waals surface area contributed by atoms with Crippen LogP contribution < -0.4 is 20.1 Å². The Morgan fingerprint density at radius 3 is 2.47 bits per heavy atom. The fraction of sp³-hybridized carbons (Fsp3) is 0.333. The molecule has 2 rings (SSSR count). The number of hydrogen-bond acceptors (Lipinski definition) is 6. The van der Waals surface area contributed by atoms with Crippen LogP contribution in [0.3, 0.4) is 0 Å². The van der Waals surface area contributed by atoms with Gasteiger partial charge in [-0.05, 0) is 44.5 Å². The number of non-ortho nitro benzene ring substituents is 1. The Morgan fingerprint density at radius 1 is 1.10 bits per heavy atom. The summed E-state index contributed by atoms with van der Waals surface area (Å²) in [4.78, 5) is 34.6. The van der Waals surface area contributed by atoms with Crippen LogP contribution >= 0.6 is 0 Å². The number of rotatable bonds is 9. The van der Waals surface area contributed by atoms with E-state index in [1.165, 1.54) is 18.2 Å². The largest absolute Gasteiger partial charge is 0.493 e. The zero-order valence-electron chi connectivity index (χ0n) is 17.3. The van der Waals surface area contributed by atoms with E-state index in [-0.39, 0.29) is 29.9 Å². The lowest BCUT2D eigenvalue weighted by Gasteiger charge is -2.18. The fourth-order valence-corrected chi connectivity index (χ4v) is 2.70. The summed E-state index contributed by atoms with van der Waals surface area (Å²) in [7, 11) is 1.54. The molecule has 0 spiro atoms. The van der Waals surface area contributed by atoms with E-state index in [1.807, 2.05) is 19.9 Å². The van der Waals surface area contributed by atoms with Crippen molar-refractivity contribution in [3.05, 3.63) is 63.7 Å². The number of nitro benzene ring substituents is 1. The normalized spacial score (nSPS) is 11.5. The minimum absolute atomic E-state index is 0.00321. The number of nitrogens with one attached hydrogen (secondary N) is 2. The lowest BCUT2D eigenvalue weighted by atomic mass is 10.1. The Labute approximate surface area is 174 Å². The number of hydrogen-bond donors (Lipinski definition) is 2. The number of amides is 2. The van der Waals surface area contributed by atoms with E-state index in [1.54, 1.807) is 26.2 Å². The van der Waals surface area contributed by atoms with E-state index in [2.05, 4.69) is 10.6 Å². The second-order valence-corrected chi connectivity index (χ2v) is 6.86. The molecule has 9 heteroatoms. The van der Waals surface area contributed by atoms with Crippen molar-refractivity contribution < 1.29 is 24.0 Å². The second-order valence-electron chi connectivity index (χ2n) is 6.86. The summed E-state index contributed by atoms with van der Waals surface area (Å²) in [6, 6.07) is 10.3. The van der Waals surface area contributed by atoms with Crippen molar-refractivity contribution in [2.45, 2.75) is 32.9 Å². The van der Waals surface area contributed by atoms with Crippen molar-refractivity contribution >= 4 is 17.5 Å². The summed E-state index contributed by atoms with van der Waals surface area (Å²) in [6.07, 6.45) is -0.00321. The smallest absolute Gasteiger partial charge is 0.270 e. The Kier molecular flexibility index (Phi) is 7.74. The van der Waals surface area contributed by atoms with Gasteiger partial charge in [0.05, 0.1) is 30.7 Å². The summed E-state index contributed by atoms with van der Waals surface area (Å²) in [6.45, 7) is 5.37. The maximum atomic E-state index is 12.2. The number of nitrogens with zero attached hydrogens (tertiary/aromatic N) is 1. The van der Waals surface area contributed by atoms with Crippen molar-refractivity contribution in [3.8, 4) is 11.5 Å². The number of ether oxygens (including phenoxy) is 2. The number of carbonyl (C=O) groups excluding carboxylic acids is 2. The van der Waals surface area contributed by atoms with Crippen molar-refractivity contribution in [1.29, 1.82) is 0 Å². The Hall–Kier alpha value is -3.62. The van der Waals surface area contributed by atoms with E-state index in [0.29, 0.717) is 11.5 Å². The molecular formula is C21H25N3O6. The van der Waals surface area contributed by atoms with Crippen molar-refractivity contribution in [2.24, 2.45) is 0 Å². The summed E-state index contributed by atoms with van der Waals surface area (Å²) in [5.41, 5.74) is 0.719. The fourth-order valence-electron chi connectivity index (χ4n) is 2.70. The molecule has 9 nitrogen and oxygen atoms in total. The molecule has 2 amide bonds. The monoisotopic (exact) mass is 415 g/mol. The van der Waals surface area contributed by atoms with Crippen LogP contribution in [-0.2, 0) is 4.79 Å². The Bertz CT molecular complexity index is 929. The third-order valence-corrected chi connectivity index (χ3v) is 4.16. The number of methoxy groups -OCH3 is 1. The molecule has 0 bridgehead atoms. The first kappa shape index (κ1) is 22.7. The van der Waals surface area contributed by atoms with E-state index in [0.717, 1.165) is 11.6 Å². The van der Waals surface area contributed by atoms with Gasteiger partial charge in [-0.25, -0.2) is 0 Å². The van der Waals surface area contributed by atoms with Gasteiger partial charge in [0.25, 0.3) is 11.6 Å². The molecule has 0 saturated heterocycles. The van der Waals surface area contributed by atoms with Crippen LogP contribution in [0.4, 0.5) is 5.69 Å². The first-order valence-corrected chi connectivity index (χ1v) is 9.38. The number of benzene rings is 2. The molecule has 0 aliphatic heterocycles. The first-order valence-electron chi connectivity index (χ1n) is 9.38. The first-order chi connectivity index (χ1) is 14.2. The van der Waals surface area contributed by atoms with Crippen LogP contribution in [0.1, 0.15) is 42.7 Å². The molecule has 2 N–H and O–H groups in total. The van der Waals surface area contributed by atoms with Gasteiger partial charge >= 0.3 is 0 Å². The molecule has 1 unspecified atom stereocenters. The van der Waals surface area contributed by atoms with Crippen LogP contribution in [0, 0.1) is 10.1 Å². The van der Waals surface area contributed by atoms with Gasteiger partial charge in [0.15, 0.2) is 11.5 Å². The molecule has 2 aromatic carbocycles. The molecule has 160 valence electrons. The van der Waals surface area contributed by atoms with E-state index in [4.69, 9.17) is 9.47 Å². The highest BCUT2D eigenvalue weighted by Gasteiger charge is 2.16. The second kappa shape index (κ2) is 10.2. The van der Waals surface area contributed by atoms with Crippen LogP contribution in [-0.4, -0.2) is 36.5 Å². The minimum atomic E-state index is -0.586. The standard InChI is InChI=1S/C21H25N3O6/c1-13(2)30-18-9-8-15(11-19(18)29-4)14(3)23-20(25)12-22-21(26)16-6-5-7-17(10-16)24(27)28/h5-11,13-14H,12H2,1-4H3,(H,22,26)(H,23,25). The zero-order chi connectivity index (χ0) is 22.3. The molecule has 0 aromatic heterocycles. The quantitative estimate of drug-likeness (QED) is 0.480. The SMILES string of the molecule is COc1cc(C(C)NC(=O)CNC(=O)c2cccc([N+](=O)[O-])c2)ccc1OC(C)C. The molecule has 2 aromatic rings. The predicted molar refractivity (Wildman–Crippen MR) is 111 cm³/mol. The van der Waals surface area contributed by atoms with Gasteiger partial charge in [-0.15, -0.1) is 0 Å². The maximum absolute atomic E-state index is 12.2. The van der Waals surface area contributed by atoms with Gasteiger partial charge in [-0.3, -0.25) is 19.7 Å². The van der Waals surface area contributed by atoms with Gasteiger partial charge in [-0.1, -0.05) is 12.1 Å². The summed E-state index contributed by atoms with van der Waals surface area (Å²) in [5, 5.41) is 16.1. The van der Waals surface area contributed by atoms with Crippen LogP contribution in [0.15, 0.2) is 42.5 Å². The van der Waals surface area contributed by atoms with Crippen molar-refractivity contribution in [1.82, 2.24) is 10.6 Å². The predicted octanol–water partition coefficient (Wildman–Crippen LogP) is 3.00. The lowest BCUT2D eigenvalue weighted by molar-refractivity contribution is -0.384. The van der Waals surface area contributed by atoms with Gasteiger partial charge in [0.2, 0.25) is 5.91 Å².